The Morgan fingerprint density at radius 2 is 1.80 bits per heavy atom. The molecule has 15 heavy (non-hydrogen) atoms. The summed E-state index contributed by atoms with van der Waals surface area (Å²) in [7, 11) is 0. The molecule has 5 N–H and O–H groups in total. The molecule has 7 nitrogen and oxygen atoms in total. The first-order valence-electron chi connectivity index (χ1n) is 4.41. The predicted molar refractivity (Wildman–Crippen MR) is 47.3 cm³/mol. The van der Waals surface area contributed by atoms with Crippen LogP contribution in [-0.4, -0.2) is 63.6 Å². The second-order valence-corrected chi connectivity index (χ2v) is 3.34. The summed E-state index contributed by atoms with van der Waals surface area (Å²) in [5, 5.41) is 39.2. The van der Waals surface area contributed by atoms with E-state index in [1.165, 1.54) is 0 Å². The fourth-order valence-electron chi connectivity index (χ4n) is 1.31. The molecule has 1 aliphatic heterocycles. The van der Waals surface area contributed by atoms with Crippen LogP contribution in [0.25, 0.3) is 0 Å². The van der Waals surface area contributed by atoms with Crippen LogP contribution in [0.5, 0.6) is 0 Å². The highest BCUT2D eigenvalue weighted by Gasteiger charge is 2.42. The van der Waals surface area contributed by atoms with E-state index in [9.17, 15) is 15.0 Å². The van der Waals surface area contributed by atoms with E-state index in [2.05, 4.69) is 12.2 Å². The number of rotatable bonds is 2. The topological polar surface area (TPSA) is 119 Å². The van der Waals surface area contributed by atoms with Gasteiger partial charge in [-0.15, -0.1) is 0 Å². The van der Waals surface area contributed by atoms with Gasteiger partial charge in [-0.3, -0.25) is 4.79 Å². The zero-order valence-electron chi connectivity index (χ0n) is 7.91. The van der Waals surface area contributed by atoms with E-state index in [0.29, 0.717) is 0 Å². The zero-order valence-corrected chi connectivity index (χ0v) is 7.91. The first-order chi connectivity index (χ1) is 6.93. The fraction of sp³-hybridized carbons (Fsp3) is 0.750. The Morgan fingerprint density at radius 1 is 1.20 bits per heavy atom. The minimum Gasteiger partial charge on any atom is -0.388 e. The fourth-order valence-corrected chi connectivity index (χ4v) is 1.31. The van der Waals surface area contributed by atoms with Crippen molar-refractivity contribution in [3.63, 3.8) is 0 Å². The third-order valence-corrected chi connectivity index (χ3v) is 2.19. The molecule has 1 saturated heterocycles. The Labute approximate surface area is 86.3 Å². The van der Waals surface area contributed by atoms with E-state index in [-0.39, 0.29) is 6.54 Å². The number of hydrogen-bond donors (Lipinski definition) is 5. The van der Waals surface area contributed by atoms with Crippen molar-refractivity contribution in [3.8, 4) is 0 Å². The molecule has 0 aromatic heterocycles. The minimum atomic E-state index is -1.59. The Balaban J connectivity index is 2.54. The highest BCUT2D eigenvalue weighted by atomic mass is 16.6. The molecule has 1 rings (SSSR count). The Hall–Kier alpha value is -0.730. The molecule has 0 saturated carbocycles. The molecule has 7 heteroatoms. The number of carbonyl (C=O) groups excluding carboxylic acids is 1. The summed E-state index contributed by atoms with van der Waals surface area (Å²) in [5.41, 5.74) is 0. The number of amides is 1. The molecule has 5 unspecified atom stereocenters. The summed E-state index contributed by atoms with van der Waals surface area (Å²) in [6.07, 6.45) is -7.03. The number of nitrogens with one attached hydrogen (secondary N) is 1. The van der Waals surface area contributed by atoms with Crippen LogP contribution in [0.1, 0.15) is 0 Å². The zero-order chi connectivity index (χ0) is 11.6. The summed E-state index contributed by atoms with van der Waals surface area (Å²) in [6, 6.07) is 0. The summed E-state index contributed by atoms with van der Waals surface area (Å²) in [5.74, 6) is -0.569. The summed E-state index contributed by atoms with van der Waals surface area (Å²) >= 11 is 0. The second-order valence-electron chi connectivity index (χ2n) is 3.34. The minimum absolute atomic E-state index is 0.107. The van der Waals surface area contributed by atoms with Crippen molar-refractivity contribution >= 4 is 5.91 Å². The lowest BCUT2D eigenvalue weighted by Gasteiger charge is -2.38. The second kappa shape index (κ2) is 4.86. The van der Waals surface area contributed by atoms with Crippen LogP contribution in [0.4, 0.5) is 0 Å². The van der Waals surface area contributed by atoms with Gasteiger partial charge in [0, 0.05) is 13.5 Å². The Morgan fingerprint density at radius 3 is 2.33 bits per heavy atom. The van der Waals surface area contributed by atoms with Crippen molar-refractivity contribution in [1.82, 2.24) is 5.32 Å². The Kier molecular flexibility index (Phi) is 4.00. The van der Waals surface area contributed by atoms with Crippen LogP contribution < -0.4 is 5.32 Å². The van der Waals surface area contributed by atoms with Gasteiger partial charge in [0.05, 0.1) is 0 Å². The van der Waals surface area contributed by atoms with E-state index >= 15 is 0 Å². The average molecular weight is 220 g/mol. The van der Waals surface area contributed by atoms with Gasteiger partial charge in [-0.25, -0.2) is 0 Å². The van der Waals surface area contributed by atoms with E-state index in [0.717, 1.165) is 0 Å². The molecule has 0 aromatic rings. The predicted octanol–water partition coefficient (Wildman–Crippen LogP) is -3.26. The van der Waals surface area contributed by atoms with E-state index in [4.69, 9.17) is 14.9 Å². The largest absolute Gasteiger partial charge is 0.388 e. The molecule has 5 atom stereocenters. The number of hydrogen-bond acceptors (Lipinski definition) is 6. The van der Waals surface area contributed by atoms with E-state index in [1.54, 1.807) is 0 Å². The molecule has 1 amide bonds. The lowest BCUT2D eigenvalue weighted by Crippen LogP contribution is -2.59. The maximum Gasteiger partial charge on any atom is 0.220 e. The quantitative estimate of drug-likeness (QED) is 0.333. The van der Waals surface area contributed by atoms with E-state index < -0.39 is 36.6 Å². The number of aliphatic hydroxyl groups is 4. The maximum absolute atomic E-state index is 10.5. The smallest absolute Gasteiger partial charge is 0.220 e. The SMILES string of the molecule is [CH2]C(=O)NCC1OC(O)C(O)C(O)C1O. The molecule has 87 valence electrons. The molecular formula is C8H14NO6. The maximum atomic E-state index is 10.5. The first kappa shape index (κ1) is 12.3. The van der Waals surface area contributed by atoms with Gasteiger partial charge in [-0.2, -0.15) is 0 Å². The molecule has 0 spiro atoms. The third-order valence-electron chi connectivity index (χ3n) is 2.19. The highest BCUT2D eigenvalue weighted by molar-refractivity contribution is 5.79. The van der Waals surface area contributed by atoms with Crippen LogP contribution in [-0.2, 0) is 9.53 Å². The molecule has 1 aliphatic rings. The normalized spacial score (nSPS) is 41.3. The molecule has 0 aromatic carbocycles. The Bertz CT molecular complexity index is 235. The lowest BCUT2D eigenvalue weighted by atomic mass is 9.99. The third kappa shape index (κ3) is 2.86. The van der Waals surface area contributed by atoms with Crippen molar-refractivity contribution in [2.24, 2.45) is 0 Å². The number of aliphatic hydroxyl groups excluding tert-OH is 4. The summed E-state index contributed by atoms with van der Waals surface area (Å²) in [6.45, 7) is 2.93. The van der Waals surface area contributed by atoms with Gasteiger partial charge < -0.3 is 30.5 Å². The van der Waals surface area contributed by atoms with Crippen molar-refractivity contribution < 1.29 is 30.0 Å². The standard InChI is InChI=1S/C8H14NO6/c1-3(10)9-2-4-5(11)6(12)7(13)8(14)15-4/h4-8,11-14H,1-2H2,(H,9,10). The van der Waals surface area contributed by atoms with Crippen molar-refractivity contribution in [2.45, 2.75) is 30.7 Å². The van der Waals surface area contributed by atoms with Crippen LogP contribution in [0.2, 0.25) is 0 Å². The van der Waals surface area contributed by atoms with Crippen LogP contribution in [0, 0.1) is 6.92 Å². The molecule has 0 bridgehead atoms. The van der Waals surface area contributed by atoms with Crippen LogP contribution in [0.15, 0.2) is 0 Å². The number of carbonyl (C=O) groups is 1. The average Bonchev–Trinajstić information content (AvgIpc) is 2.18. The summed E-state index contributed by atoms with van der Waals surface area (Å²) in [4.78, 5) is 10.5. The molecule has 0 aliphatic carbocycles. The molecule has 1 radical (unpaired) electrons. The highest BCUT2D eigenvalue weighted by Crippen LogP contribution is 2.19. The van der Waals surface area contributed by atoms with Gasteiger partial charge in [-0.05, 0) is 0 Å². The van der Waals surface area contributed by atoms with Gasteiger partial charge in [0.25, 0.3) is 0 Å². The van der Waals surface area contributed by atoms with E-state index in [1.807, 2.05) is 0 Å². The van der Waals surface area contributed by atoms with Gasteiger partial charge in [0.1, 0.15) is 24.4 Å². The monoisotopic (exact) mass is 220 g/mol. The number of ether oxygens (including phenoxy) is 1. The molecule has 1 heterocycles. The van der Waals surface area contributed by atoms with Gasteiger partial charge >= 0.3 is 0 Å². The van der Waals surface area contributed by atoms with Gasteiger partial charge in [0.2, 0.25) is 5.91 Å². The van der Waals surface area contributed by atoms with Crippen LogP contribution >= 0.6 is 0 Å². The first-order valence-corrected chi connectivity index (χ1v) is 4.41. The molecular weight excluding hydrogens is 206 g/mol. The summed E-state index contributed by atoms with van der Waals surface area (Å²) < 4.78 is 4.78. The molecule has 1 fully saturated rings. The van der Waals surface area contributed by atoms with Crippen LogP contribution in [0.3, 0.4) is 0 Å². The lowest BCUT2D eigenvalue weighted by molar-refractivity contribution is -0.280. The van der Waals surface area contributed by atoms with Crippen molar-refractivity contribution in [2.75, 3.05) is 6.54 Å². The van der Waals surface area contributed by atoms with Gasteiger partial charge in [-0.1, -0.05) is 0 Å². The van der Waals surface area contributed by atoms with Gasteiger partial charge in [0.15, 0.2) is 6.29 Å². The van der Waals surface area contributed by atoms with Crippen molar-refractivity contribution in [1.29, 1.82) is 0 Å². The van der Waals surface area contributed by atoms with Crippen molar-refractivity contribution in [3.05, 3.63) is 6.92 Å².